The minimum absolute atomic E-state index is 0.00414. The maximum Gasteiger partial charge on any atom is 0.263 e. The van der Waals surface area contributed by atoms with Gasteiger partial charge >= 0.3 is 0 Å². The highest BCUT2D eigenvalue weighted by Crippen LogP contribution is 2.38. The van der Waals surface area contributed by atoms with Gasteiger partial charge in [0.05, 0.1) is 6.04 Å². The van der Waals surface area contributed by atoms with Crippen LogP contribution in [-0.4, -0.2) is 41.9 Å². The summed E-state index contributed by atoms with van der Waals surface area (Å²) >= 11 is 0. The van der Waals surface area contributed by atoms with Crippen molar-refractivity contribution in [2.75, 3.05) is 20.1 Å². The number of nitrogens with zero attached hydrogens (tertiary/aromatic N) is 2. The smallest absolute Gasteiger partial charge is 0.263 e. The molecule has 3 aromatic carbocycles. The topological polar surface area (TPSA) is 32.8 Å². The third-order valence-electron chi connectivity index (χ3n) is 6.30. The van der Waals surface area contributed by atoms with E-state index >= 15 is 0 Å². The number of hydrogen-bond acceptors (Lipinski definition) is 3. The third-order valence-corrected chi connectivity index (χ3v) is 6.30. The summed E-state index contributed by atoms with van der Waals surface area (Å²) < 4.78 is 6.09. The number of ether oxygens (including phenoxy) is 1. The predicted octanol–water partition coefficient (Wildman–Crippen LogP) is 5.08. The second-order valence-electron chi connectivity index (χ2n) is 8.49. The summed E-state index contributed by atoms with van der Waals surface area (Å²) in [4.78, 5) is 16.7. The largest absolute Gasteiger partial charge is 0.481 e. The average Bonchev–Trinajstić information content (AvgIpc) is 2.84. The molecule has 0 aliphatic carbocycles. The van der Waals surface area contributed by atoms with Gasteiger partial charge in [-0.3, -0.25) is 9.69 Å². The Morgan fingerprint density at radius 3 is 2.44 bits per heavy atom. The van der Waals surface area contributed by atoms with Gasteiger partial charge in [-0.1, -0.05) is 66.7 Å². The van der Waals surface area contributed by atoms with Crippen LogP contribution in [0.2, 0.25) is 0 Å². The molecule has 2 atom stereocenters. The van der Waals surface area contributed by atoms with Gasteiger partial charge in [-0.05, 0) is 54.7 Å². The van der Waals surface area contributed by atoms with Gasteiger partial charge in [-0.15, -0.1) is 0 Å². The van der Waals surface area contributed by atoms with Crippen molar-refractivity contribution in [1.82, 2.24) is 9.80 Å². The van der Waals surface area contributed by atoms with Gasteiger partial charge in [0.25, 0.3) is 5.91 Å². The van der Waals surface area contributed by atoms with Crippen LogP contribution >= 0.6 is 0 Å². The van der Waals surface area contributed by atoms with E-state index in [2.05, 4.69) is 77.7 Å². The Morgan fingerprint density at radius 1 is 1.06 bits per heavy atom. The molecule has 4 nitrogen and oxygen atoms in total. The number of hydrogen-bond donors (Lipinski definition) is 0. The summed E-state index contributed by atoms with van der Waals surface area (Å²) in [6.07, 6.45) is 0.482. The minimum Gasteiger partial charge on any atom is -0.481 e. The van der Waals surface area contributed by atoms with Crippen LogP contribution in [-0.2, 0) is 17.8 Å². The monoisotopic (exact) mass is 428 g/mol. The number of rotatable bonds is 7. The average molecular weight is 429 g/mol. The molecule has 1 aliphatic rings. The highest BCUT2D eigenvalue weighted by atomic mass is 16.5. The molecular formula is C28H32N2O2. The molecule has 0 N–H and O–H groups in total. The molecule has 1 aliphatic heterocycles. The van der Waals surface area contributed by atoms with E-state index in [1.807, 2.05) is 27.0 Å². The molecule has 0 saturated carbocycles. The van der Waals surface area contributed by atoms with E-state index < -0.39 is 6.10 Å². The van der Waals surface area contributed by atoms with Gasteiger partial charge in [-0.25, -0.2) is 0 Å². The zero-order chi connectivity index (χ0) is 22.5. The first kappa shape index (κ1) is 22.1. The maximum atomic E-state index is 12.5. The highest BCUT2D eigenvalue weighted by molar-refractivity contribution is 5.80. The van der Waals surface area contributed by atoms with Crippen LogP contribution in [0.3, 0.4) is 0 Å². The summed E-state index contributed by atoms with van der Waals surface area (Å²) in [7, 11) is 1.81. The summed E-state index contributed by atoms with van der Waals surface area (Å²) in [5.41, 5.74) is 5.20. The number of carbonyl (C=O) groups excluding carboxylic acids is 1. The Morgan fingerprint density at radius 2 is 1.75 bits per heavy atom. The number of likely N-dealkylation sites (N-methyl/N-ethyl adjacent to an activating group) is 1. The van der Waals surface area contributed by atoms with Gasteiger partial charge in [0, 0.05) is 26.7 Å². The molecule has 0 bridgehead atoms. The molecule has 32 heavy (non-hydrogen) atoms. The summed E-state index contributed by atoms with van der Waals surface area (Å²) in [6.45, 7) is 6.35. The zero-order valence-corrected chi connectivity index (χ0v) is 19.2. The fraction of sp³-hybridized carbons (Fsp3) is 0.321. The van der Waals surface area contributed by atoms with Crippen molar-refractivity contribution in [3.05, 3.63) is 101 Å². The standard InChI is InChI=1S/C28H32N2O2/c1-4-29(3)28(31)21(2)32-25-16-15-23-17-18-30(20-22-11-7-5-8-12-22)27(26(23)19-25)24-13-9-6-10-14-24/h5-16,19,21,27H,4,17-18,20H2,1-3H3/t21-,27-/m1/s1. The van der Waals surface area contributed by atoms with Gasteiger partial charge in [0.1, 0.15) is 5.75 Å². The second-order valence-corrected chi connectivity index (χ2v) is 8.49. The fourth-order valence-corrected chi connectivity index (χ4v) is 4.45. The van der Waals surface area contributed by atoms with E-state index in [1.54, 1.807) is 4.90 Å². The van der Waals surface area contributed by atoms with Crippen LogP contribution in [0.4, 0.5) is 0 Å². The van der Waals surface area contributed by atoms with E-state index in [1.165, 1.54) is 22.3 Å². The Hall–Kier alpha value is -3.11. The molecule has 0 spiro atoms. The van der Waals surface area contributed by atoms with Crippen molar-refractivity contribution in [2.45, 2.75) is 39.0 Å². The number of benzene rings is 3. The summed E-state index contributed by atoms with van der Waals surface area (Å²) in [6, 6.07) is 27.8. The molecule has 0 radical (unpaired) electrons. The van der Waals surface area contributed by atoms with Crippen LogP contribution in [0.15, 0.2) is 78.9 Å². The van der Waals surface area contributed by atoms with E-state index in [0.717, 1.165) is 25.3 Å². The normalized spacial score (nSPS) is 16.8. The van der Waals surface area contributed by atoms with Crippen LogP contribution in [0.25, 0.3) is 0 Å². The first-order chi connectivity index (χ1) is 15.6. The highest BCUT2D eigenvalue weighted by Gasteiger charge is 2.29. The lowest BCUT2D eigenvalue weighted by atomic mass is 9.87. The molecule has 3 aromatic rings. The second kappa shape index (κ2) is 10.0. The van der Waals surface area contributed by atoms with Crippen molar-refractivity contribution in [2.24, 2.45) is 0 Å². The number of amides is 1. The van der Waals surface area contributed by atoms with Gasteiger partial charge < -0.3 is 9.64 Å². The van der Waals surface area contributed by atoms with Gasteiger partial charge in [0.15, 0.2) is 6.10 Å². The van der Waals surface area contributed by atoms with Crippen LogP contribution in [0.1, 0.15) is 42.1 Å². The molecular weight excluding hydrogens is 396 g/mol. The predicted molar refractivity (Wildman–Crippen MR) is 129 cm³/mol. The van der Waals surface area contributed by atoms with E-state index in [4.69, 9.17) is 4.74 Å². The minimum atomic E-state index is -0.516. The van der Waals surface area contributed by atoms with E-state index in [0.29, 0.717) is 6.54 Å². The first-order valence-electron chi connectivity index (χ1n) is 11.4. The van der Waals surface area contributed by atoms with Crippen molar-refractivity contribution in [3.8, 4) is 5.75 Å². The van der Waals surface area contributed by atoms with Crippen molar-refractivity contribution >= 4 is 5.91 Å². The van der Waals surface area contributed by atoms with Crippen molar-refractivity contribution in [1.29, 1.82) is 0 Å². The van der Waals surface area contributed by atoms with Gasteiger partial charge in [-0.2, -0.15) is 0 Å². The van der Waals surface area contributed by atoms with Crippen molar-refractivity contribution < 1.29 is 9.53 Å². The summed E-state index contributed by atoms with van der Waals surface area (Å²) in [5.74, 6) is 0.743. The maximum absolute atomic E-state index is 12.5. The Bertz CT molecular complexity index is 1040. The third kappa shape index (κ3) is 4.86. The Kier molecular flexibility index (Phi) is 6.91. The molecule has 0 saturated heterocycles. The van der Waals surface area contributed by atoms with Gasteiger partial charge in [0.2, 0.25) is 0 Å². The van der Waals surface area contributed by atoms with E-state index in [-0.39, 0.29) is 11.9 Å². The van der Waals surface area contributed by atoms with Crippen LogP contribution in [0.5, 0.6) is 5.75 Å². The zero-order valence-electron chi connectivity index (χ0n) is 19.2. The summed E-state index contributed by atoms with van der Waals surface area (Å²) in [5, 5.41) is 0. The Balaban J connectivity index is 1.66. The molecule has 0 aromatic heterocycles. The lowest BCUT2D eigenvalue weighted by molar-refractivity contribution is -0.136. The molecule has 4 rings (SSSR count). The van der Waals surface area contributed by atoms with Crippen molar-refractivity contribution in [3.63, 3.8) is 0 Å². The molecule has 0 fully saturated rings. The lowest BCUT2D eigenvalue weighted by Crippen LogP contribution is -2.38. The number of carbonyl (C=O) groups is 1. The fourth-order valence-electron chi connectivity index (χ4n) is 4.45. The number of fused-ring (bicyclic) bond motifs is 1. The lowest BCUT2D eigenvalue weighted by Gasteiger charge is -2.38. The Labute approximate surface area is 191 Å². The van der Waals surface area contributed by atoms with E-state index in [9.17, 15) is 4.79 Å². The molecule has 166 valence electrons. The first-order valence-corrected chi connectivity index (χ1v) is 11.4. The quantitative estimate of drug-likeness (QED) is 0.526. The van der Waals surface area contributed by atoms with Crippen LogP contribution in [0, 0.1) is 0 Å². The molecule has 1 heterocycles. The molecule has 0 unspecified atom stereocenters. The van der Waals surface area contributed by atoms with Crippen LogP contribution < -0.4 is 4.74 Å². The molecule has 4 heteroatoms. The SMILES string of the molecule is CCN(C)C(=O)[C@@H](C)Oc1ccc2c(c1)[C@@H](c1ccccc1)N(Cc1ccccc1)CC2. The molecule has 1 amide bonds.